The van der Waals surface area contributed by atoms with Gasteiger partial charge in [-0.1, -0.05) is 19.9 Å². The summed E-state index contributed by atoms with van der Waals surface area (Å²) in [6, 6.07) is 8.49. The predicted molar refractivity (Wildman–Crippen MR) is 96.3 cm³/mol. The van der Waals surface area contributed by atoms with Crippen LogP contribution in [0.1, 0.15) is 30.9 Å². The number of fused-ring (bicyclic) bond motifs is 1. The molecule has 0 saturated carbocycles. The van der Waals surface area contributed by atoms with Crippen molar-refractivity contribution in [3.63, 3.8) is 0 Å². The standard InChI is InChI=1S/C19H27N3O/c1-4-15-11-17-12-16(5-6-18(17)20-19(15)23)14(2)13-22-9-7-21(3)8-10-22/h5-6,11-12,14H,4,7-10,13H2,1-3H3,(H,20,23). The molecule has 4 heteroatoms. The van der Waals surface area contributed by atoms with Crippen LogP contribution >= 0.6 is 0 Å². The normalized spacial score (nSPS) is 18.4. The van der Waals surface area contributed by atoms with Gasteiger partial charge in [0.25, 0.3) is 5.56 Å². The van der Waals surface area contributed by atoms with Gasteiger partial charge in [-0.3, -0.25) is 4.79 Å². The number of hydrogen-bond donors (Lipinski definition) is 1. The number of hydrogen-bond acceptors (Lipinski definition) is 3. The smallest absolute Gasteiger partial charge is 0.251 e. The van der Waals surface area contributed by atoms with Gasteiger partial charge in [-0.05, 0) is 48.5 Å². The van der Waals surface area contributed by atoms with Crippen molar-refractivity contribution in [3.05, 3.63) is 45.7 Å². The number of nitrogens with one attached hydrogen (secondary N) is 1. The Bertz CT molecular complexity index is 729. The zero-order valence-corrected chi connectivity index (χ0v) is 14.4. The molecule has 1 N–H and O–H groups in total. The van der Waals surface area contributed by atoms with Crippen molar-refractivity contribution in [1.82, 2.24) is 14.8 Å². The first-order chi connectivity index (χ1) is 11.1. The minimum atomic E-state index is 0.0400. The molecule has 0 radical (unpaired) electrons. The second kappa shape index (κ2) is 6.85. The van der Waals surface area contributed by atoms with Gasteiger partial charge in [0.1, 0.15) is 0 Å². The highest BCUT2D eigenvalue weighted by atomic mass is 16.1. The summed E-state index contributed by atoms with van der Waals surface area (Å²) in [5.41, 5.74) is 3.19. The zero-order valence-electron chi connectivity index (χ0n) is 14.4. The third-order valence-electron chi connectivity index (χ3n) is 5.02. The molecule has 0 amide bonds. The van der Waals surface area contributed by atoms with E-state index in [-0.39, 0.29) is 5.56 Å². The monoisotopic (exact) mass is 313 g/mol. The number of H-pyrrole nitrogens is 1. The molecule has 0 spiro atoms. The second-order valence-electron chi connectivity index (χ2n) is 6.83. The van der Waals surface area contributed by atoms with E-state index in [0.717, 1.165) is 55.6 Å². The highest BCUT2D eigenvalue weighted by Gasteiger charge is 2.17. The molecule has 1 aliphatic heterocycles. The lowest BCUT2D eigenvalue weighted by molar-refractivity contribution is 0.149. The molecule has 23 heavy (non-hydrogen) atoms. The van der Waals surface area contributed by atoms with Crippen LogP contribution < -0.4 is 5.56 Å². The van der Waals surface area contributed by atoms with E-state index in [1.807, 2.05) is 19.1 Å². The number of nitrogens with zero attached hydrogens (tertiary/aromatic N) is 2. The molecular weight excluding hydrogens is 286 g/mol. The molecule has 1 saturated heterocycles. The number of benzene rings is 1. The van der Waals surface area contributed by atoms with Crippen LogP contribution in [-0.2, 0) is 6.42 Å². The summed E-state index contributed by atoms with van der Waals surface area (Å²) in [6.45, 7) is 10.0. The molecule has 1 aromatic carbocycles. The number of rotatable bonds is 4. The summed E-state index contributed by atoms with van der Waals surface area (Å²) in [7, 11) is 2.19. The van der Waals surface area contributed by atoms with Crippen LogP contribution in [0.4, 0.5) is 0 Å². The summed E-state index contributed by atoms with van der Waals surface area (Å²) < 4.78 is 0. The average molecular weight is 313 g/mol. The first-order valence-electron chi connectivity index (χ1n) is 8.63. The van der Waals surface area contributed by atoms with Crippen LogP contribution in [0, 0.1) is 0 Å². The Kier molecular flexibility index (Phi) is 4.83. The van der Waals surface area contributed by atoms with E-state index >= 15 is 0 Å². The molecule has 4 nitrogen and oxygen atoms in total. The first-order valence-corrected chi connectivity index (χ1v) is 8.63. The molecule has 0 aliphatic carbocycles. The average Bonchev–Trinajstić information content (AvgIpc) is 2.55. The summed E-state index contributed by atoms with van der Waals surface area (Å²) >= 11 is 0. The van der Waals surface area contributed by atoms with E-state index in [4.69, 9.17) is 0 Å². The minimum Gasteiger partial charge on any atom is -0.322 e. The molecular formula is C19H27N3O. The van der Waals surface area contributed by atoms with E-state index in [2.05, 4.69) is 40.9 Å². The Morgan fingerprint density at radius 1 is 1.17 bits per heavy atom. The maximum atomic E-state index is 11.9. The van der Waals surface area contributed by atoms with E-state index < -0.39 is 0 Å². The van der Waals surface area contributed by atoms with Gasteiger partial charge in [-0.15, -0.1) is 0 Å². The van der Waals surface area contributed by atoms with Gasteiger partial charge in [0.05, 0.1) is 0 Å². The number of likely N-dealkylation sites (N-methyl/N-ethyl adjacent to an activating group) is 1. The third kappa shape index (κ3) is 3.65. The van der Waals surface area contributed by atoms with Gasteiger partial charge in [0.2, 0.25) is 0 Å². The van der Waals surface area contributed by atoms with Crippen molar-refractivity contribution in [2.75, 3.05) is 39.8 Å². The van der Waals surface area contributed by atoms with Gasteiger partial charge in [-0.25, -0.2) is 0 Å². The van der Waals surface area contributed by atoms with Gasteiger partial charge < -0.3 is 14.8 Å². The first kappa shape index (κ1) is 16.2. The molecule has 1 atom stereocenters. The second-order valence-corrected chi connectivity index (χ2v) is 6.83. The lowest BCUT2D eigenvalue weighted by Crippen LogP contribution is -2.45. The predicted octanol–water partition coefficient (Wildman–Crippen LogP) is 2.44. The zero-order chi connectivity index (χ0) is 16.4. The third-order valence-corrected chi connectivity index (χ3v) is 5.02. The molecule has 3 rings (SSSR count). The van der Waals surface area contributed by atoms with Crippen molar-refractivity contribution < 1.29 is 0 Å². The van der Waals surface area contributed by atoms with E-state index in [0.29, 0.717) is 5.92 Å². The SMILES string of the molecule is CCc1cc2cc(C(C)CN3CCN(C)CC3)ccc2[nH]c1=O. The lowest BCUT2D eigenvalue weighted by Gasteiger charge is -2.34. The fraction of sp³-hybridized carbons (Fsp3) is 0.526. The largest absolute Gasteiger partial charge is 0.322 e. The van der Waals surface area contributed by atoms with E-state index in [1.165, 1.54) is 5.56 Å². The Morgan fingerprint density at radius 2 is 1.91 bits per heavy atom. The maximum Gasteiger partial charge on any atom is 0.251 e. The Hall–Kier alpha value is -1.65. The Morgan fingerprint density at radius 3 is 2.61 bits per heavy atom. The van der Waals surface area contributed by atoms with Crippen LogP contribution in [0.3, 0.4) is 0 Å². The summed E-state index contributed by atoms with van der Waals surface area (Å²) in [6.07, 6.45) is 0.770. The van der Waals surface area contributed by atoms with Crippen LogP contribution in [0.5, 0.6) is 0 Å². The van der Waals surface area contributed by atoms with Gasteiger partial charge in [-0.2, -0.15) is 0 Å². The topological polar surface area (TPSA) is 39.3 Å². The lowest BCUT2D eigenvalue weighted by atomic mass is 9.97. The fourth-order valence-corrected chi connectivity index (χ4v) is 3.36. The Balaban J connectivity index is 1.79. The molecule has 2 heterocycles. The van der Waals surface area contributed by atoms with Gasteiger partial charge in [0.15, 0.2) is 0 Å². The van der Waals surface area contributed by atoms with Crippen molar-refractivity contribution >= 4 is 10.9 Å². The summed E-state index contributed by atoms with van der Waals surface area (Å²) in [5.74, 6) is 0.500. The number of pyridine rings is 1. The highest BCUT2D eigenvalue weighted by Crippen LogP contribution is 2.22. The fourth-order valence-electron chi connectivity index (χ4n) is 3.36. The molecule has 1 aliphatic rings. The van der Waals surface area contributed by atoms with Crippen LogP contribution in [0.15, 0.2) is 29.1 Å². The molecule has 0 bridgehead atoms. The molecule has 124 valence electrons. The van der Waals surface area contributed by atoms with Crippen LogP contribution in [-0.4, -0.2) is 54.6 Å². The molecule has 2 aromatic rings. The Labute approximate surface area is 138 Å². The minimum absolute atomic E-state index is 0.0400. The van der Waals surface area contributed by atoms with Crippen molar-refractivity contribution in [3.8, 4) is 0 Å². The van der Waals surface area contributed by atoms with Crippen LogP contribution in [0.25, 0.3) is 10.9 Å². The number of aromatic nitrogens is 1. The number of aromatic amines is 1. The van der Waals surface area contributed by atoms with E-state index in [9.17, 15) is 4.79 Å². The van der Waals surface area contributed by atoms with Crippen molar-refractivity contribution in [2.45, 2.75) is 26.2 Å². The maximum absolute atomic E-state index is 11.9. The van der Waals surface area contributed by atoms with E-state index in [1.54, 1.807) is 0 Å². The molecule has 1 fully saturated rings. The van der Waals surface area contributed by atoms with Crippen molar-refractivity contribution in [1.29, 1.82) is 0 Å². The molecule has 1 aromatic heterocycles. The quantitative estimate of drug-likeness (QED) is 0.942. The number of piperazine rings is 1. The summed E-state index contributed by atoms with van der Waals surface area (Å²) in [5, 5.41) is 1.14. The molecule has 1 unspecified atom stereocenters. The number of aryl methyl sites for hydroxylation is 1. The van der Waals surface area contributed by atoms with Crippen LogP contribution in [0.2, 0.25) is 0 Å². The van der Waals surface area contributed by atoms with Gasteiger partial charge in [0, 0.05) is 43.8 Å². The van der Waals surface area contributed by atoms with Crippen molar-refractivity contribution in [2.24, 2.45) is 0 Å². The highest BCUT2D eigenvalue weighted by molar-refractivity contribution is 5.79. The summed E-state index contributed by atoms with van der Waals surface area (Å²) in [4.78, 5) is 19.8. The van der Waals surface area contributed by atoms with Gasteiger partial charge >= 0.3 is 0 Å².